The number of carbonyl (C=O) groups excluding carboxylic acids is 2. The molecule has 2 fully saturated rings. The van der Waals surface area contributed by atoms with Gasteiger partial charge in [-0.1, -0.05) is 6.07 Å². The average molecular weight is 397 g/mol. The molecule has 0 saturated carbocycles. The van der Waals surface area contributed by atoms with Gasteiger partial charge in [0.15, 0.2) is 5.76 Å². The van der Waals surface area contributed by atoms with Gasteiger partial charge >= 0.3 is 0 Å². The number of aromatic nitrogens is 1. The lowest BCUT2D eigenvalue weighted by molar-refractivity contribution is -0.138. The Morgan fingerprint density at radius 3 is 2.76 bits per heavy atom. The third-order valence-electron chi connectivity index (χ3n) is 6.25. The number of piperidine rings is 2. The Bertz CT molecular complexity index is 856. The Kier molecular flexibility index (Phi) is 5.56. The summed E-state index contributed by atoms with van der Waals surface area (Å²) in [6, 6.07) is 7.29. The lowest BCUT2D eigenvalue weighted by Crippen LogP contribution is -2.52. The summed E-state index contributed by atoms with van der Waals surface area (Å²) in [5, 5.41) is 0. The van der Waals surface area contributed by atoms with Gasteiger partial charge in [-0.3, -0.25) is 14.6 Å². The monoisotopic (exact) mass is 397 g/mol. The quantitative estimate of drug-likeness (QED) is 0.775. The Morgan fingerprint density at radius 2 is 2.07 bits per heavy atom. The molecule has 2 aromatic heterocycles. The van der Waals surface area contributed by atoms with Crippen LogP contribution < -0.4 is 4.74 Å². The average Bonchev–Trinajstić information content (AvgIpc) is 3.25. The fourth-order valence-electron chi connectivity index (χ4n) is 4.41. The molecule has 2 saturated heterocycles. The molecule has 0 bridgehead atoms. The zero-order valence-electron chi connectivity index (χ0n) is 16.8. The van der Waals surface area contributed by atoms with E-state index in [1.54, 1.807) is 18.3 Å². The Labute approximate surface area is 170 Å². The first-order valence-electron chi connectivity index (χ1n) is 10.2. The fraction of sp³-hybridized carbons (Fsp3) is 0.500. The molecule has 0 N–H and O–H groups in total. The summed E-state index contributed by atoms with van der Waals surface area (Å²) >= 11 is 0. The smallest absolute Gasteiger partial charge is 0.289 e. The number of hydrogen-bond acceptors (Lipinski definition) is 5. The molecule has 7 heteroatoms. The summed E-state index contributed by atoms with van der Waals surface area (Å²) in [6.07, 6.45) is 7.76. The van der Waals surface area contributed by atoms with Gasteiger partial charge in [0.1, 0.15) is 0 Å². The van der Waals surface area contributed by atoms with Crippen LogP contribution in [0, 0.1) is 5.41 Å². The highest BCUT2D eigenvalue weighted by molar-refractivity contribution is 5.91. The maximum Gasteiger partial charge on any atom is 0.289 e. The van der Waals surface area contributed by atoms with Gasteiger partial charge < -0.3 is 19.0 Å². The molecule has 0 atom stereocenters. The van der Waals surface area contributed by atoms with Crippen LogP contribution in [0.3, 0.4) is 0 Å². The van der Waals surface area contributed by atoms with Gasteiger partial charge in [0, 0.05) is 51.1 Å². The Hall–Kier alpha value is -2.83. The number of hydrogen-bond donors (Lipinski definition) is 0. The van der Waals surface area contributed by atoms with Crippen molar-refractivity contribution in [2.45, 2.75) is 32.1 Å². The number of carbonyl (C=O) groups is 2. The van der Waals surface area contributed by atoms with E-state index in [0.717, 1.165) is 44.3 Å². The van der Waals surface area contributed by atoms with Crippen molar-refractivity contribution >= 4 is 11.8 Å². The topological polar surface area (TPSA) is 75.9 Å². The molecule has 2 amide bonds. The van der Waals surface area contributed by atoms with Crippen molar-refractivity contribution in [1.29, 1.82) is 0 Å². The van der Waals surface area contributed by atoms with Crippen LogP contribution in [-0.4, -0.2) is 59.9 Å². The third kappa shape index (κ3) is 4.28. The van der Waals surface area contributed by atoms with Crippen LogP contribution in [0.15, 0.2) is 41.1 Å². The molecule has 0 radical (unpaired) electrons. The standard InChI is InChI=1S/C22H27N3O4/c1-28-20-5-4-18(29-20)21(27)24-13-9-22(10-14-24)8-6-19(26)25(16-22)12-7-17-3-2-11-23-15-17/h2-5,11,15H,6-10,12-14,16H2,1H3. The Balaban J connectivity index is 1.34. The van der Waals surface area contributed by atoms with Gasteiger partial charge in [-0.2, -0.15) is 0 Å². The molecule has 0 aromatic carbocycles. The number of furan rings is 1. The van der Waals surface area contributed by atoms with Crippen molar-refractivity contribution < 1.29 is 18.7 Å². The van der Waals surface area contributed by atoms with E-state index in [1.807, 2.05) is 28.1 Å². The zero-order valence-corrected chi connectivity index (χ0v) is 16.8. The highest BCUT2D eigenvalue weighted by Crippen LogP contribution is 2.40. The highest BCUT2D eigenvalue weighted by Gasteiger charge is 2.41. The number of methoxy groups -OCH3 is 1. The lowest BCUT2D eigenvalue weighted by Gasteiger charge is -2.47. The van der Waals surface area contributed by atoms with Gasteiger partial charge in [0.2, 0.25) is 5.91 Å². The van der Waals surface area contributed by atoms with Crippen molar-refractivity contribution in [1.82, 2.24) is 14.8 Å². The minimum Gasteiger partial charge on any atom is -0.468 e. The van der Waals surface area contributed by atoms with Gasteiger partial charge in [0.05, 0.1) is 7.11 Å². The summed E-state index contributed by atoms with van der Waals surface area (Å²) in [5.41, 5.74) is 1.26. The minimum atomic E-state index is -0.0940. The van der Waals surface area contributed by atoms with Crippen LogP contribution >= 0.6 is 0 Å². The van der Waals surface area contributed by atoms with Crippen molar-refractivity contribution in [2.75, 3.05) is 33.3 Å². The molecular formula is C22H27N3O4. The molecule has 7 nitrogen and oxygen atoms in total. The molecule has 2 aliphatic rings. The first-order chi connectivity index (χ1) is 14.1. The molecule has 2 aliphatic heterocycles. The van der Waals surface area contributed by atoms with Crippen LogP contribution in [0.2, 0.25) is 0 Å². The number of ether oxygens (including phenoxy) is 1. The molecule has 154 valence electrons. The van der Waals surface area contributed by atoms with Crippen molar-refractivity contribution in [3.63, 3.8) is 0 Å². The molecular weight excluding hydrogens is 370 g/mol. The predicted octanol–water partition coefficient (Wildman–Crippen LogP) is 2.77. The molecule has 0 aliphatic carbocycles. The van der Waals surface area contributed by atoms with E-state index >= 15 is 0 Å². The van der Waals surface area contributed by atoms with Crippen molar-refractivity contribution in [3.05, 3.63) is 48.0 Å². The van der Waals surface area contributed by atoms with Gasteiger partial charge in [-0.25, -0.2) is 0 Å². The maximum absolute atomic E-state index is 12.7. The zero-order chi connectivity index (χ0) is 20.3. The first-order valence-corrected chi connectivity index (χ1v) is 10.2. The number of rotatable bonds is 5. The molecule has 4 rings (SSSR count). The van der Waals surface area contributed by atoms with Crippen LogP contribution in [-0.2, 0) is 11.2 Å². The van der Waals surface area contributed by atoms with Crippen molar-refractivity contribution in [2.24, 2.45) is 5.41 Å². The third-order valence-corrected chi connectivity index (χ3v) is 6.25. The fourth-order valence-corrected chi connectivity index (χ4v) is 4.41. The second-order valence-corrected chi connectivity index (χ2v) is 8.04. The number of amides is 2. The van der Waals surface area contributed by atoms with E-state index in [9.17, 15) is 9.59 Å². The van der Waals surface area contributed by atoms with Gasteiger partial charge in [-0.15, -0.1) is 0 Å². The summed E-state index contributed by atoms with van der Waals surface area (Å²) in [6.45, 7) is 2.88. The second-order valence-electron chi connectivity index (χ2n) is 8.04. The van der Waals surface area contributed by atoms with Crippen LogP contribution in [0.4, 0.5) is 0 Å². The highest BCUT2D eigenvalue weighted by atomic mass is 16.6. The minimum absolute atomic E-state index is 0.0940. The van der Waals surface area contributed by atoms with E-state index < -0.39 is 0 Å². The van der Waals surface area contributed by atoms with Crippen molar-refractivity contribution in [3.8, 4) is 5.95 Å². The Morgan fingerprint density at radius 1 is 1.24 bits per heavy atom. The van der Waals surface area contributed by atoms with E-state index in [-0.39, 0.29) is 17.2 Å². The molecule has 1 spiro atoms. The van der Waals surface area contributed by atoms with Crippen LogP contribution in [0.25, 0.3) is 0 Å². The lowest BCUT2D eigenvalue weighted by atomic mass is 9.72. The van der Waals surface area contributed by atoms with E-state index in [1.165, 1.54) is 7.11 Å². The van der Waals surface area contributed by atoms with E-state index in [4.69, 9.17) is 9.15 Å². The number of likely N-dealkylation sites (tertiary alicyclic amines) is 2. The summed E-state index contributed by atoms with van der Waals surface area (Å²) in [5.74, 6) is 0.802. The molecule has 4 heterocycles. The van der Waals surface area contributed by atoms with Crippen LogP contribution in [0.5, 0.6) is 5.95 Å². The predicted molar refractivity (Wildman–Crippen MR) is 107 cm³/mol. The maximum atomic E-state index is 12.7. The molecule has 29 heavy (non-hydrogen) atoms. The van der Waals surface area contributed by atoms with E-state index in [2.05, 4.69) is 4.98 Å². The van der Waals surface area contributed by atoms with Gasteiger partial charge in [0.25, 0.3) is 11.9 Å². The number of nitrogens with zero attached hydrogens (tertiary/aromatic N) is 3. The van der Waals surface area contributed by atoms with E-state index in [0.29, 0.717) is 31.2 Å². The van der Waals surface area contributed by atoms with Gasteiger partial charge in [-0.05, 0) is 48.8 Å². The summed E-state index contributed by atoms with van der Waals surface area (Å²) in [7, 11) is 1.52. The second kappa shape index (κ2) is 8.27. The molecule has 2 aromatic rings. The van der Waals surface area contributed by atoms with Crippen LogP contribution in [0.1, 0.15) is 41.8 Å². The summed E-state index contributed by atoms with van der Waals surface area (Å²) < 4.78 is 10.4. The largest absolute Gasteiger partial charge is 0.468 e. The number of pyridine rings is 1. The normalized spacial score (nSPS) is 18.9. The first kappa shape index (κ1) is 19.5. The molecule has 0 unspecified atom stereocenters. The SMILES string of the molecule is COc1ccc(C(=O)N2CCC3(CCC(=O)N(CCc4cccnc4)C3)CC2)o1. The summed E-state index contributed by atoms with van der Waals surface area (Å²) in [4.78, 5) is 33.1.